The first-order valence-electron chi connectivity index (χ1n) is 7.57. The molecule has 2 heterocycles. The van der Waals surface area contributed by atoms with Gasteiger partial charge in [0, 0.05) is 17.5 Å². The van der Waals surface area contributed by atoms with Crippen molar-refractivity contribution in [3.63, 3.8) is 0 Å². The quantitative estimate of drug-likeness (QED) is 0.686. The Labute approximate surface area is 158 Å². The molecule has 8 heteroatoms. The van der Waals surface area contributed by atoms with Crippen LogP contribution < -0.4 is 10.1 Å². The molecule has 0 bridgehead atoms. The van der Waals surface area contributed by atoms with Gasteiger partial charge < -0.3 is 10.1 Å². The number of aryl methyl sites for hydroxylation is 2. The largest absolute Gasteiger partial charge is 0.480 e. The third-order valence-corrected chi connectivity index (χ3v) is 4.55. The Morgan fingerprint density at radius 1 is 1.40 bits per heavy atom. The second-order valence-electron chi connectivity index (χ2n) is 5.63. The third-order valence-electron chi connectivity index (χ3n) is 3.70. The van der Waals surface area contributed by atoms with Crippen molar-refractivity contribution < 1.29 is 9.53 Å². The monoisotopic (exact) mass is 422 g/mol. The smallest absolute Gasteiger partial charge is 0.265 e. The van der Waals surface area contributed by atoms with Gasteiger partial charge in [0.2, 0.25) is 0 Å². The zero-order chi connectivity index (χ0) is 18.1. The highest BCUT2D eigenvalue weighted by atomic mass is 79.9. The number of amides is 1. The summed E-state index contributed by atoms with van der Waals surface area (Å²) in [6.45, 7) is 3.58. The van der Waals surface area contributed by atoms with Gasteiger partial charge in [-0.05, 0) is 54.0 Å². The van der Waals surface area contributed by atoms with Gasteiger partial charge in [0.25, 0.3) is 5.91 Å². The van der Waals surface area contributed by atoms with Crippen LogP contribution in [0.4, 0.5) is 5.69 Å². The van der Waals surface area contributed by atoms with E-state index >= 15 is 0 Å². The van der Waals surface area contributed by atoms with Gasteiger partial charge in [-0.15, -0.1) is 0 Å². The fourth-order valence-corrected chi connectivity index (χ4v) is 3.21. The first-order valence-corrected chi connectivity index (χ1v) is 8.74. The zero-order valence-corrected chi connectivity index (χ0v) is 16.2. The van der Waals surface area contributed by atoms with E-state index in [4.69, 9.17) is 16.3 Å². The maximum atomic E-state index is 12.4. The number of ether oxygens (including phenoxy) is 1. The van der Waals surface area contributed by atoms with Crippen LogP contribution in [-0.4, -0.2) is 26.8 Å². The molecular weight excluding hydrogens is 408 g/mol. The Bertz CT molecular complexity index is 957. The standard InChI is InChI=1S/C17H16BrClN4O2/c1-9-13-7-12(8-20-16(13)23(3)22-9)21-17(24)10(2)25-15-5-4-11(19)6-14(15)18/h4-8,10H,1-3H3,(H,21,24). The lowest BCUT2D eigenvalue weighted by Gasteiger charge is -2.16. The Kier molecular flexibility index (Phi) is 4.96. The fourth-order valence-electron chi connectivity index (χ4n) is 2.43. The average Bonchev–Trinajstić information content (AvgIpc) is 2.84. The average molecular weight is 424 g/mol. The molecule has 1 unspecified atom stereocenters. The number of nitrogens with one attached hydrogen (secondary N) is 1. The molecule has 0 radical (unpaired) electrons. The lowest BCUT2D eigenvalue weighted by atomic mass is 10.2. The Morgan fingerprint density at radius 2 is 2.16 bits per heavy atom. The number of anilines is 1. The second kappa shape index (κ2) is 7.01. The van der Waals surface area contributed by atoms with E-state index in [0.29, 0.717) is 20.9 Å². The predicted octanol–water partition coefficient (Wildman–Crippen LogP) is 4.10. The molecule has 2 aromatic heterocycles. The Balaban J connectivity index is 1.74. The van der Waals surface area contributed by atoms with E-state index in [-0.39, 0.29) is 5.91 Å². The zero-order valence-electron chi connectivity index (χ0n) is 13.9. The van der Waals surface area contributed by atoms with Gasteiger partial charge in [-0.2, -0.15) is 5.10 Å². The molecule has 3 aromatic rings. The van der Waals surface area contributed by atoms with Crippen LogP contribution in [0.5, 0.6) is 5.75 Å². The first kappa shape index (κ1) is 17.7. The summed E-state index contributed by atoms with van der Waals surface area (Å²) in [5, 5.41) is 8.62. The number of benzene rings is 1. The lowest BCUT2D eigenvalue weighted by molar-refractivity contribution is -0.122. The first-order chi connectivity index (χ1) is 11.8. The molecule has 0 fully saturated rings. The van der Waals surface area contributed by atoms with Gasteiger partial charge in [-0.1, -0.05) is 11.6 Å². The minimum Gasteiger partial charge on any atom is -0.480 e. The van der Waals surface area contributed by atoms with Crippen LogP contribution in [-0.2, 0) is 11.8 Å². The van der Waals surface area contributed by atoms with Crippen LogP contribution >= 0.6 is 27.5 Å². The highest BCUT2D eigenvalue weighted by Crippen LogP contribution is 2.29. The molecule has 6 nitrogen and oxygen atoms in total. The fraction of sp³-hybridized carbons (Fsp3) is 0.235. The molecule has 1 aromatic carbocycles. The number of hydrogen-bond acceptors (Lipinski definition) is 4. The molecule has 0 aliphatic carbocycles. The van der Waals surface area contributed by atoms with Crippen LogP contribution in [0.25, 0.3) is 11.0 Å². The number of pyridine rings is 1. The number of aromatic nitrogens is 3. The van der Waals surface area contributed by atoms with Crippen molar-refractivity contribution in [2.75, 3.05) is 5.32 Å². The third kappa shape index (κ3) is 3.77. The van der Waals surface area contributed by atoms with Crippen molar-refractivity contribution in [1.29, 1.82) is 0 Å². The van der Waals surface area contributed by atoms with E-state index in [1.807, 2.05) is 20.0 Å². The summed E-state index contributed by atoms with van der Waals surface area (Å²) in [5.74, 6) is 0.272. The van der Waals surface area contributed by atoms with Crippen LogP contribution in [0.1, 0.15) is 12.6 Å². The summed E-state index contributed by atoms with van der Waals surface area (Å²) in [7, 11) is 1.83. The SMILES string of the molecule is Cc1nn(C)c2ncc(NC(=O)C(C)Oc3ccc(Cl)cc3Br)cc12. The molecule has 1 N–H and O–H groups in total. The van der Waals surface area contributed by atoms with Crippen LogP contribution in [0.3, 0.4) is 0 Å². The van der Waals surface area contributed by atoms with Gasteiger partial charge in [0.05, 0.1) is 22.1 Å². The van der Waals surface area contributed by atoms with E-state index in [0.717, 1.165) is 16.7 Å². The molecule has 130 valence electrons. The lowest BCUT2D eigenvalue weighted by Crippen LogP contribution is -2.30. The highest BCUT2D eigenvalue weighted by Gasteiger charge is 2.17. The van der Waals surface area contributed by atoms with Gasteiger partial charge in [-0.3, -0.25) is 9.48 Å². The molecule has 0 aliphatic rings. The number of rotatable bonds is 4. The Hall–Kier alpha value is -2.12. The van der Waals surface area contributed by atoms with Gasteiger partial charge >= 0.3 is 0 Å². The van der Waals surface area contributed by atoms with E-state index in [9.17, 15) is 4.79 Å². The summed E-state index contributed by atoms with van der Waals surface area (Å²) >= 11 is 9.28. The summed E-state index contributed by atoms with van der Waals surface area (Å²) in [6.07, 6.45) is 0.912. The van der Waals surface area contributed by atoms with Gasteiger partial charge in [0.1, 0.15) is 5.75 Å². The number of carbonyl (C=O) groups is 1. The van der Waals surface area contributed by atoms with E-state index in [1.54, 1.807) is 36.0 Å². The molecule has 0 aliphatic heterocycles. The minimum atomic E-state index is -0.692. The van der Waals surface area contributed by atoms with Gasteiger partial charge in [-0.25, -0.2) is 4.98 Å². The molecule has 1 amide bonds. The molecule has 0 saturated heterocycles. The topological polar surface area (TPSA) is 69.0 Å². The summed E-state index contributed by atoms with van der Waals surface area (Å²) in [4.78, 5) is 16.7. The van der Waals surface area contributed by atoms with Gasteiger partial charge in [0.15, 0.2) is 11.8 Å². The Morgan fingerprint density at radius 3 is 2.88 bits per heavy atom. The number of halogens is 2. The van der Waals surface area contributed by atoms with Crippen molar-refractivity contribution in [3.05, 3.63) is 45.7 Å². The van der Waals surface area contributed by atoms with E-state index < -0.39 is 6.10 Å². The normalized spacial score (nSPS) is 12.2. The predicted molar refractivity (Wildman–Crippen MR) is 101 cm³/mol. The molecule has 0 spiro atoms. The number of hydrogen-bond donors (Lipinski definition) is 1. The second-order valence-corrected chi connectivity index (χ2v) is 6.92. The summed E-state index contributed by atoms with van der Waals surface area (Å²) in [6, 6.07) is 6.98. The molecular formula is C17H16BrClN4O2. The maximum Gasteiger partial charge on any atom is 0.265 e. The summed E-state index contributed by atoms with van der Waals surface area (Å²) < 4.78 is 8.09. The molecule has 0 saturated carbocycles. The summed E-state index contributed by atoms with van der Waals surface area (Å²) in [5.41, 5.74) is 2.22. The molecule has 25 heavy (non-hydrogen) atoms. The van der Waals surface area contributed by atoms with Crippen LogP contribution in [0.2, 0.25) is 5.02 Å². The number of carbonyl (C=O) groups excluding carboxylic acids is 1. The number of nitrogens with zero attached hydrogens (tertiary/aromatic N) is 3. The van der Waals surface area contributed by atoms with Crippen molar-refractivity contribution >= 4 is 50.2 Å². The van der Waals surface area contributed by atoms with E-state index in [2.05, 4.69) is 31.3 Å². The van der Waals surface area contributed by atoms with Crippen LogP contribution in [0.15, 0.2) is 34.9 Å². The van der Waals surface area contributed by atoms with Crippen molar-refractivity contribution in [1.82, 2.24) is 14.8 Å². The number of fused-ring (bicyclic) bond motifs is 1. The molecule has 3 rings (SSSR count). The van der Waals surface area contributed by atoms with Crippen LogP contribution in [0, 0.1) is 6.92 Å². The van der Waals surface area contributed by atoms with Crippen molar-refractivity contribution in [2.45, 2.75) is 20.0 Å². The van der Waals surface area contributed by atoms with E-state index in [1.165, 1.54) is 0 Å². The molecule has 1 atom stereocenters. The van der Waals surface area contributed by atoms with Crippen molar-refractivity contribution in [3.8, 4) is 5.75 Å². The maximum absolute atomic E-state index is 12.4. The minimum absolute atomic E-state index is 0.274. The van der Waals surface area contributed by atoms with Crippen molar-refractivity contribution in [2.24, 2.45) is 7.05 Å². The highest BCUT2D eigenvalue weighted by molar-refractivity contribution is 9.10.